The Morgan fingerprint density at radius 1 is 1.22 bits per heavy atom. The molecule has 0 aliphatic carbocycles. The molecule has 3 N–H and O–H groups in total. The third-order valence-corrected chi connectivity index (χ3v) is 2.50. The van der Waals surface area contributed by atoms with Crippen LogP contribution in [0.25, 0.3) is 11.4 Å². The van der Waals surface area contributed by atoms with Gasteiger partial charge in [-0.15, -0.1) is 0 Å². The van der Waals surface area contributed by atoms with E-state index in [0.29, 0.717) is 5.76 Å². The summed E-state index contributed by atoms with van der Waals surface area (Å²) >= 11 is 0. The van der Waals surface area contributed by atoms with Crippen molar-refractivity contribution < 1.29 is 24.3 Å². The number of carboxylic acid groups (broad SMARTS) is 2. The lowest BCUT2D eigenvalue weighted by Gasteiger charge is -1.96. The fraction of sp³-hybridized carbons (Fsp3) is 0.182. The largest absolute Gasteiger partial charge is 0.478 e. The summed E-state index contributed by atoms with van der Waals surface area (Å²) in [5, 5.41) is 21.8. The van der Waals surface area contributed by atoms with Crippen molar-refractivity contribution in [1.82, 2.24) is 10.1 Å². The number of aromatic carboxylic acids is 2. The minimum Gasteiger partial charge on any atom is -0.478 e. The Kier molecular flexibility index (Phi) is 2.66. The third-order valence-electron chi connectivity index (χ3n) is 2.50. The minimum absolute atomic E-state index is 0.134. The second-order valence-electron chi connectivity index (χ2n) is 3.81. The molecule has 0 aromatic carbocycles. The van der Waals surface area contributed by atoms with Crippen molar-refractivity contribution >= 4 is 11.9 Å². The smallest absolute Gasteiger partial charge is 0.338 e. The Bertz CT molecular complexity index is 638. The van der Waals surface area contributed by atoms with Gasteiger partial charge in [0, 0.05) is 11.8 Å². The molecule has 2 rings (SSSR count). The van der Waals surface area contributed by atoms with Gasteiger partial charge in [0.1, 0.15) is 17.0 Å². The van der Waals surface area contributed by atoms with Gasteiger partial charge in [-0.2, -0.15) is 0 Å². The van der Waals surface area contributed by atoms with E-state index in [4.69, 9.17) is 14.7 Å². The van der Waals surface area contributed by atoms with Crippen LogP contribution < -0.4 is 0 Å². The highest BCUT2D eigenvalue weighted by molar-refractivity contribution is 6.07. The Morgan fingerprint density at radius 2 is 1.83 bits per heavy atom. The lowest BCUT2D eigenvalue weighted by Crippen LogP contribution is -2.07. The number of aryl methyl sites for hydroxylation is 2. The first-order valence-electron chi connectivity index (χ1n) is 5.04. The van der Waals surface area contributed by atoms with Crippen molar-refractivity contribution in [3.63, 3.8) is 0 Å². The van der Waals surface area contributed by atoms with Gasteiger partial charge in [-0.25, -0.2) is 9.59 Å². The highest BCUT2D eigenvalue weighted by Gasteiger charge is 2.27. The van der Waals surface area contributed by atoms with Crippen molar-refractivity contribution in [1.29, 1.82) is 0 Å². The molecule has 2 aromatic rings. The number of carbonyl (C=O) groups is 2. The van der Waals surface area contributed by atoms with Crippen LogP contribution in [0.1, 0.15) is 32.2 Å². The number of carboxylic acids is 2. The fourth-order valence-corrected chi connectivity index (χ4v) is 1.78. The molecule has 0 aliphatic rings. The molecule has 0 atom stereocenters. The molecule has 0 saturated heterocycles. The molecule has 0 fully saturated rings. The van der Waals surface area contributed by atoms with Crippen molar-refractivity contribution in [3.05, 3.63) is 28.6 Å². The van der Waals surface area contributed by atoms with Crippen LogP contribution in [0.3, 0.4) is 0 Å². The molecule has 2 aromatic heterocycles. The Labute approximate surface area is 101 Å². The van der Waals surface area contributed by atoms with Crippen molar-refractivity contribution in [3.8, 4) is 11.4 Å². The van der Waals surface area contributed by atoms with Gasteiger partial charge in [0.2, 0.25) is 0 Å². The van der Waals surface area contributed by atoms with Gasteiger partial charge < -0.3 is 19.7 Å². The molecular weight excluding hydrogens is 240 g/mol. The number of nitrogens with one attached hydrogen (secondary N) is 1. The summed E-state index contributed by atoms with van der Waals surface area (Å²) in [5.41, 5.74) is 0.0803. The molecule has 0 radical (unpaired) electrons. The summed E-state index contributed by atoms with van der Waals surface area (Å²) in [6.07, 6.45) is 0. The Balaban J connectivity index is 2.72. The highest BCUT2D eigenvalue weighted by atomic mass is 16.5. The van der Waals surface area contributed by atoms with Gasteiger partial charge in [0.05, 0.1) is 11.3 Å². The number of H-pyrrole nitrogens is 1. The van der Waals surface area contributed by atoms with Crippen molar-refractivity contribution in [2.45, 2.75) is 13.8 Å². The van der Waals surface area contributed by atoms with Crippen LogP contribution in [-0.4, -0.2) is 32.3 Å². The predicted molar refractivity (Wildman–Crippen MR) is 59.7 cm³/mol. The van der Waals surface area contributed by atoms with Crippen LogP contribution in [0.4, 0.5) is 0 Å². The lowest BCUT2D eigenvalue weighted by molar-refractivity contribution is 0.0652. The van der Waals surface area contributed by atoms with E-state index in [0.717, 1.165) is 0 Å². The SMILES string of the molecule is Cc1cc(-c2[nH]c(C)c(C(=O)O)c2C(=O)O)no1. The van der Waals surface area contributed by atoms with Gasteiger partial charge >= 0.3 is 11.9 Å². The van der Waals surface area contributed by atoms with Gasteiger partial charge in [-0.05, 0) is 13.8 Å². The second-order valence-corrected chi connectivity index (χ2v) is 3.81. The molecule has 94 valence electrons. The molecule has 2 heterocycles. The summed E-state index contributed by atoms with van der Waals surface area (Å²) in [6, 6.07) is 1.53. The number of nitrogens with zero attached hydrogens (tertiary/aromatic N) is 1. The molecule has 0 spiro atoms. The van der Waals surface area contributed by atoms with E-state index in [2.05, 4.69) is 10.1 Å². The zero-order valence-corrected chi connectivity index (χ0v) is 9.64. The average Bonchev–Trinajstić information content (AvgIpc) is 2.81. The number of hydrogen-bond acceptors (Lipinski definition) is 4. The zero-order chi connectivity index (χ0) is 13.4. The van der Waals surface area contributed by atoms with Crippen LogP contribution in [0.5, 0.6) is 0 Å². The van der Waals surface area contributed by atoms with Crippen LogP contribution >= 0.6 is 0 Å². The molecule has 0 bridgehead atoms. The summed E-state index contributed by atoms with van der Waals surface area (Å²) < 4.78 is 4.85. The molecule has 18 heavy (non-hydrogen) atoms. The van der Waals surface area contributed by atoms with Gasteiger partial charge in [0.25, 0.3) is 0 Å². The van der Waals surface area contributed by atoms with Crippen LogP contribution in [-0.2, 0) is 0 Å². The molecule has 0 saturated carbocycles. The van der Waals surface area contributed by atoms with Crippen LogP contribution in [0, 0.1) is 13.8 Å². The third kappa shape index (κ3) is 1.75. The molecule has 7 heteroatoms. The van der Waals surface area contributed by atoms with Crippen molar-refractivity contribution in [2.75, 3.05) is 0 Å². The fourth-order valence-electron chi connectivity index (χ4n) is 1.78. The predicted octanol–water partition coefficient (Wildman–Crippen LogP) is 1.68. The number of hydrogen-bond donors (Lipinski definition) is 3. The van der Waals surface area contributed by atoms with E-state index in [1.165, 1.54) is 13.0 Å². The topological polar surface area (TPSA) is 116 Å². The normalized spacial score (nSPS) is 10.6. The van der Waals surface area contributed by atoms with E-state index < -0.39 is 11.9 Å². The van der Waals surface area contributed by atoms with Gasteiger partial charge in [-0.3, -0.25) is 0 Å². The van der Waals surface area contributed by atoms with Gasteiger partial charge in [0.15, 0.2) is 0 Å². The average molecular weight is 250 g/mol. The van der Waals surface area contributed by atoms with Crippen LogP contribution in [0.15, 0.2) is 10.6 Å². The zero-order valence-electron chi connectivity index (χ0n) is 9.64. The van der Waals surface area contributed by atoms with E-state index in [-0.39, 0.29) is 28.2 Å². The van der Waals surface area contributed by atoms with E-state index in [1.54, 1.807) is 6.92 Å². The molecule has 0 unspecified atom stereocenters. The van der Waals surface area contributed by atoms with E-state index >= 15 is 0 Å². The lowest BCUT2D eigenvalue weighted by atomic mass is 10.1. The molecular formula is C11H10N2O5. The first kappa shape index (κ1) is 11.9. The summed E-state index contributed by atoms with van der Waals surface area (Å²) in [6.45, 7) is 3.15. The minimum atomic E-state index is -1.33. The first-order chi connectivity index (χ1) is 8.41. The highest BCUT2D eigenvalue weighted by Crippen LogP contribution is 2.27. The van der Waals surface area contributed by atoms with Crippen LogP contribution in [0.2, 0.25) is 0 Å². The summed E-state index contributed by atoms with van der Waals surface area (Å²) in [7, 11) is 0. The quantitative estimate of drug-likeness (QED) is 0.763. The van der Waals surface area contributed by atoms with E-state index in [9.17, 15) is 9.59 Å². The maximum absolute atomic E-state index is 11.2. The maximum atomic E-state index is 11.2. The standard InChI is InChI=1S/C11H10N2O5/c1-4-3-6(13-18-4)9-8(11(16)17)7(10(14)15)5(2)12-9/h3,12H,1-2H3,(H,14,15)(H,16,17). The number of rotatable bonds is 3. The molecule has 7 nitrogen and oxygen atoms in total. The Morgan fingerprint density at radius 3 is 2.28 bits per heavy atom. The number of aromatic amines is 1. The second kappa shape index (κ2) is 4.02. The number of aromatic nitrogens is 2. The molecule has 0 aliphatic heterocycles. The van der Waals surface area contributed by atoms with Crippen molar-refractivity contribution in [2.24, 2.45) is 0 Å². The molecule has 0 amide bonds. The summed E-state index contributed by atoms with van der Waals surface area (Å²) in [5.74, 6) is -2.12. The van der Waals surface area contributed by atoms with Gasteiger partial charge in [-0.1, -0.05) is 5.16 Å². The maximum Gasteiger partial charge on any atom is 0.338 e. The monoisotopic (exact) mass is 250 g/mol. The Hall–Kier alpha value is -2.57. The van der Waals surface area contributed by atoms with E-state index in [1.807, 2.05) is 0 Å². The first-order valence-corrected chi connectivity index (χ1v) is 5.04. The summed E-state index contributed by atoms with van der Waals surface area (Å²) in [4.78, 5) is 25.0.